The van der Waals surface area contributed by atoms with Gasteiger partial charge in [0.2, 0.25) is 0 Å². The Morgan fingerprint density at radius 3 is 2.50 bits per heavy atom. The maximum Gasteiger partial charge on any atom is 0.418 e. The van der Waals surface area contributed by atoms with Crippen molar-refractivity contribution in [3.63, 3.8) is 0 Å². The lowest BCUT2D eigenvalue weighted by molar-refractivity contribution is -0.137. The molecule has 1 aliphatic carbocycles. The van der Waals surface area contributed by atoms with Crippen molar-refractivity contribution in [3.8, 4) is 11.8 Å². The van der Waals surface area contributed by atoms with E-state index in [0.717, 1.165) is 27.2 Å². The van der Waals surface area contributed by atoms with Gasteiger partial charge in [0.15, 0.2) is 5.78 Å². The molecule has 0 bridgehead atoms. The van der Waals surface area contributed by atoms with Gasteiger partial charge in [-0.2, -0.15) is 18.4 Å². The molecule has 0 spiro atoms. The normalized spacial score (nSPS) is 17.3. The molecule has 5 rings (SSSR count). The van der Waals surface area contributed by atoms with Crippen LogP contribution in [-0.4, -0.2) is 5.78 Å². The van der Waals surface area contributed by atoms with Crippen molar-refractivity contribution >= 4 is 39.0 Å². The van der Waals surface area contributed by atoms with E-state index in [0.29, 0.717) is 35.4 Å². The minimum absolute atomic E-state index is 0.0144. The third-order valence-corrected chi connectivity index (χ3v) is 8.40. The van der Waals surface area contributed by atoms with Gasteiger partial charge in [-0.15, -0.1) is 0 Å². The number of Topliss-reactive ketones (excluding diaryl/α,β-unsaturated/α-hetero) is 1. The molecule has 1 heterocycles. The summed E-state index contributed by atoms with van der Waals surface area (Å²) in [5, 5.41) is 10.3. The summed E-state index contributed by atoms with van der Waals surface area (Å²) in [6.07, 6.45) is -3.76. The summed E-state index contributed by atoms with van der Waals surface area (Å²) in [5.74, 6) is -0.520. The largest absolute Gasteiger partial charge is 0.489 e. The quantitative estimate of drug-likeness (QED) is 0.298. The maximum atomic E-state index is 14.2. The molecule has 0 saturated heterocycles. The van der Waals surface area contributed by atoms with Gasteiger partial charge >= 0.3 is 6.18 Å². The van der Waals surface area contributed by atoms with Crippen molar-refractivity contribution in [2.45, 2.75) is 51.8 Å². The molecule has 1 atom stereocenters. The van der Waals surface area contributed by atoms with Crippen LogP contribution < -0.4 is 15.4 Å². The summed E-state index contributed by atoms with van der Waals surface area (Å²) >= 11 is 9.35. The number of nitrogens with two attached hydrogens (primary N) is 1. The number of carbonyl (C=O) groups is 1. The topological polar surface area (TPSA) is 79.3 Å². The molecule has 216 valence electrons. The summed E-state index contributed by atoms with van der Waals surface area (Å²) in [7, 11) is 0. The van der Waals surface area contributed by atoms with Crippen LogP contribution in [0.15, 0.2) is 81.7 Å². The molecule has 0 aromatic heterocycles. The summed E-state index contributed by atoms with van der Waals surface area (Å²) in [6.45, 7) is 4.03. The average molecular weight is 657 g/mol. The van der Waals surface area contributed by atoms with Gasteiger partial charge in [-0.1, -0.05) is 45.2 Å². The van der Waals surface area contributed by atoms with Gasteiger partial charge in [0.05, 0.1) is 28.8 Å². The zero-order valence-corrected chi connectivity index (χ0v) is 25.1. The molecule has 10 heteroatoms. The van der Waals surface area contributed by atoms with E-state index in [9.17, 15) is 23.2 Å². The molecule has 0 saturated carbocycles. The number of alkyl halides is 3. The SMILES string of the molecule is Cc1cc(COc2ccc(Br)cc2)c(C)c(C2C(C#N)=C(N)N(c3ccc(Cl)cc3C(F)(F)F)C3=C2C(=O)CCC3)c1. The van der Waals surface area contributed by atoms with Crippen LogP contribution in [0, 0.1) is 25.2 Å². The summed E-state index contributed by atoms with van der Waals surface area (Å²) in [6, 6.07) is 16.8. The molecular weight excluding hydrogens is 631 g/mol. The van der Waals surface area contributed by atoms with E-state index in [4.69, 9.17) is 22.1 Å². The summed E-state index contributed by atoms with van der Waals surface area (Å²) in [5.41, 5.74) is 9.22. The van der Waals surface area contributed by atoms with Gasteiger partial charge in [-0.3, -0.25) is 9.69 Å². The predicted octanol–water partition coefficient (Wildman–Crippen LogP) is 8.62. The number of nitrogens with zero attached hydrogens (tertiary/aromatic N) is 2. The standard InChI is InChI=1S/C32H26BrClF3N3O2/c1-17-12-19(16-42-22-9-6-20(33)7-10-22)18(2)23(13-17)29-24(15-38)31(39)40(27-4-3-5-28(41)30(27)29)26-11-8-21(34)14-25(26)32(35,36)37/h6-14,29H,3-5,16,39H2,1-2H3. The molecule has 42 heavy (non-hydrogen) atoms. The highest BCUT2D eigenvalue weighted by molar-refractivity contribution is 9.10. The monoisotopic (exact) mass is 655 g/mol. The van der Waals surface area contributed by atoms with Crippen LogP contribution in [0.4, 0.5) is 18.9 Å². The van der Waals surface area contributed by atoms with Crippen LogP contribution in [0.3, 0.4) is 0 Å². The molecule has 0 radical (unpaired) electrons. The number of ether oxygens (including phenoxy) is 1. The van der Waals surface area contributed by atoms with Gasteiger partial charge in [-0.05, 0) is 85.8 Å². The van der Waals surface area contributed by atoms with Gasteiger partial charge in [0.1, 0.15) is 18.2 Å². The molecule has 1 unspecified atom stereocenters. The van der Waals surface area contributed by atoms with Gasteiger partial charge in [0, 0.05) is 27.2 Å². The number of halogens is 5. The van der Waals surface area contributed by atoms with E-state index < -0.39 is 17.7 Å². The second-order valence-electron chi connectivity index (χ2n) is 10.4. The van der Waals surface area contributed by atoms with Crippen LogP contribution >= 0.6 is 27.5 Å². The van der Waals surface area contributed by atoms with Crippen LogP contribution in [0.1, 0.15) is 53.0 Å². The fourth-order valence-electron chi connectivity index (χ4n) is 5.71. The summed E-state index contributed by atoms with van der Waals surface area (Å²) < 4.78 is 49.5. The highest BCUT2D eigenvalue weighted by atomic mass is 79.9. The smallest absolute Gasteiger partial charge is 0.418 e. The first-order valence-electron chi connectivity index (χ1n) is 13.2. The Hall–Kier alpha value is -3.74. The van der Waals surface area contributed by atoms with E-state index in [1.54, 1.807) is 0 Å². The first-order valence-corrected chi connectivity index (χ1v) is 14.4. The highest BCUT2D eigenvalue weighted by Gasteiger charge is 2.44. The molecule has 1 aliphatic heterocycles. The van der Waals surface area contributed by atoms with Crippen LogP contribution in [0.25, 0.3) is 0 Å². The number of carbonyl (C=O) groups excluding carboxylic acids is 1. The third-order valence-electron chi connectivity index (χ3n) is 7.64. The molecule has 0 amide bonds. The first kappa shape index (κ1) is 29.7. The third kappa shape index (κ3) is 5.53. The number of allylic oxidation sites excluding steroid dienone is 3. The number of ketones is 1. The molecule has 5 nitrogen and oxygen atoms in total. The molecular formula is C32H26BrClF3N3O2. The Morgan fingerprint density at radius 1 is 1.12 bits per heavy atom. The van der Waals surface area contributed by atoms with E-state index >= 15 is 0 Å². The minimum Gasteiger partial charge on any atom is -0.489 e. The molecule has 2 aliphatic rings. The highest BCUT2D eigenvalue weighted by Crippen LogP contribution is 2.49. The van der Waals surface area contributed by atoms with E-state index in [1.807, 2.05) is 50.2 Å². The molecule has 0 fully saturated rings. The van der Waals surface area contributed by atoms with Crippen LogP contribution in [-0.2, 0) is 17.6 Å². The van der Waals surface area contributed by atoms with Crippen molar-refractivity contribution in [3.05, 3.63) is 115 Å². The van der Waals surface area contributed by atoms with Crippen LogP contribution in [0.5, 0.6) is 5.75 Å². The number of benzene rings is 3. The molecule has 3 aromatic carbocycles. The Balaban J connectivity index is 1.67. The Kier molecular flexibility index (Phi) is 8.15. The lowest BCUT2D eigenvalue weighted by Gasteiger charge is -2.41. The van der Waals surface area contributed by atoms with Crippen molar-refractivity contribution < 1.29 is 22.7 Å². The van der Waals surface area contributed by atoms with Crippen molar-refractivity contribution in [1.29, 1.82) is 5.26 Å². The maximum absolute atomic E-state index is 14.2. The van der Waals surface area contributed by atoms with Crippen molar-refractivity contribution in [1.82, 2.24) is 0 Å². The van der Waals surface area contributed by atoms with E-state index in [2.05, 4.69) is 22.0 Å². The number of aryl methyl sites for hydroxylation is 1. The lowest BCUT2D eigenvalue weighted by Crippen LogP contribution is -2.39. The Morgan fingerprint density at radius 2 is 1.83 bits per heavy atom. The van der Waals surface area contributed by atoms with E-state index in [-0.39, 0.29) is 40.9 Å². The van der Waals surface area contributed by atoms with Gasteiger partial charge in [0.25, 0.3) is 0 Å². The zero-order valence-electron chi connectivity index (χ0n) is 22.8. The number of hydrogen-bond donors (Lipinski definition) is 1. The Bertz CT molecular complexity index is 1690. The Labute approximate surface area is 255 Å². The lowest BCUT2D eigenvalue weighted by atomic mass is 9.73. The van der Waals surface area contributed by atoms with Crippen molar-refractivity contribution in [2.24, 2.45) is 5.73 Å². The van der Waals surface area contributed by atoms with E-state index in [1.165, 1.54) is 17.0 Å². The molecule has 2 N–H and O–H groups in total. The second-order valence-corrected chi connectivity index (χ2v) is 11.7. The predicted molar refractivity (Wildman–Crippen MR) is 159 cm³/mol. The average Bonchev–Trinajstić information content (AvgIpc) is 2.93. The fraction of sp³-hybridized carbons (Fsp3) is 0.250. The van der Waals surface area contributed by atoms with Crippen molar-refractivity contribution in [2.75, 3.05) is 4.90 Å². The minimum atomic E-state index is -4.75. The summed E-state index contributed by atoms with van der Waals surface area (Å²) in [4.78, 5) is 14.8. The fourth-order valence-corrected chi connectivity index (χ4v) is 6.14. The number of anilines is 1. The number of hydrogen-bond acceptors (Lipinski definition) is 5. The number of nitriles is 1. The first-order chi connectivity index (χ1) is 19.9. The second kappa shape index (κ2) is 11.5. The van der Waals surface area contributed by atoms with Gasteiger partial charge < -0.3 is 10.5 Å². The number of rotatable bonds is 5. The van der Waals surface area contributed by atoms with Crippen LogP contribution in [0.2, 0.25) is 5.02 Å². The zero-order chi connectivity index (χ0) is 30.3. The molecule has 3 aromatic rings. The van der Waals surface area contributed by atoms with Gasteiger partial charge in [-0.25, -0.2) is 0 Å².